The number of hydrogen-bond acceptors (Lipinski definition) is 2. The van der Waals surface area contributed by atoms with Crippen LogP contribution in [0.15, 0.2) is 36.4 Å². The number of nitrogens with zero attached hydrogens (tertiary/aromatic N) is 2. The number of anilines is 1. The second kappa shape index (κ2) is 4.09. The number of nitrogen functional groups attached to an aromatic ring is 1. The van der Waals surface area contributed by atoms with Crippen molar-refractivity contribution in [2.45, 2.75) is 6.92 Å². The molecule has 0 atom stereocenters. The Morgan fingerprint density at radius 3 is 2.63 bits per heavy atom. The molecular weight excluding hydrogens is 241 g/mol. The monoisotopic (exact) mass is 255 g/mol. The summed E-state index contributed by atoms with van der Waals surface area (Å²) < 4.78 is 15.5. The lowest BCUT2D eigenvalue weighted by atomic mass is 10.1. The summed E-state index contributed by atoms with van der Waals surface area (Å²) in [6, 6.07) is 10.7. The van der Waals surface area contributed by atoms with Crippen molar-refractivity contribution in [3.8, 4) is 11.4 Å². The van der Waals surface area contributed by atoms with Gasteiger partial charge in [-0.15, -0.1) is 0 Å². The third-order valence-corrected chi connectivity index (χ3v) is 3.39. The smallest absolute Gasteiger partial charge is 0.146 e. The van der Waals surface area contributed by atoms with Crippen LogP contribution in [0.3, 0.4) is 0 Å². The van der Waals surface area contributed by atoms with E-state index in [9.17, 15) is 4.39 Å². The molecule has 1 heterocycles. The minimum absolute atomic E-state index is 0.138. The second-order valence-corrected chi connectivity index (χ2v) is 4.64. The fraction of sp³-hybridized carbons (Fsp3) is 0.133. The summed E-state index contributed by atoms with van der Waals surface area (Å²) in [5, 5.41) is 0. The Morgan fingerprint density at radius 2 is 1.89 bits per heavy atom. The van der Waals surface area contributed by atoms with E-state index in [1.165, 1.54) is 6.07 Å². The predicted octanol–water partition coefficient (Wildman–Crippen LogP) is 3.27. The van der Waals surface area contributed by atoms with E-state index < -0.39 is 5.82 Å². The molecule has 0 aliphatic rings. The van der Waals surface area contributed by atoms with E-state index >= 15 is 0 Å². The minimum atomic E-state index is -0.415. The van der Waals surface area contributed by atoms with Crippen LogP contribution in [0.5, 0.6) is 0 Å². The number of imidazole rings is 1. The average molecular weight is 255 g/mol. The molecule has 0 bridgehead atoms. The van der Waals surface area contributed by atoms with Crippen LogP contribution in [0.1, 0.15) is 5.56 Å². The highest BCUT2D eigenvalue weighted by Gasteiger charge is 2.15. The SMILES string of the molecule is Cc1cccc2nc(-c3cccc(F)c3N)n(C)c12. The summed E-state index contributed by atoms with van der Waals surface area (Å²) in [4.78, 5) is 4.56. The first-order chi connectivity index (χ1) is 9.09. The van der Waals surface area contributed by atoms with E-state index in [0.717, 1.165) is 16.6 Å². The molecular formula is C15H14FN3. The van der Waals surface area contributed by atoms with Gasteiger partial charge in [0.05, 0.1) is 16.7 Å². The first-order valence-corrected chi connectivity index (χ1v) is 6.06. The van der Waals surface area contributed by atoms with Crippen LogP contribution < -0.4 is 5.73 Å². The third kappa shape index (κ3) is 1.68. The van der Waals surface area contributed by atoms with Gasteiger partial charge in [-0.1, -0.05) is 18.2 Å². The van der Waals surface area contributed by atoms with Crippen molar-refractivity contribution in [2.75, 3.05) is 5.73 Å². The van der Waals surface area contributed by atoms with Gasteiger partial charge in [0, 0.05) is 12.6 Å². The largest absolute Gasteiger partial charge is 0.396 e. The lowest BCUT2D eigenvalue weighted by Gasteiger charge is -2.07. The van der Waals surface area contributed by atoms with E-state index in [-0.39, 0.29) is 5.69 Å². The molecule has 0 saturated heterocycles. The van der Waals surface area contributed by atoms with Crippen molar-refractivity contribution < 1.29 is 4.39 Å². The van der Waals surface area contributed by atoms with Crippen LogP contribution in [0.2, 0.25) is 0 Å². The molecule has 0 fully saturated rings. The quantitative estimate of drug-likeness (QED) is 0.678. The van der Waals surface area contributed by atoms with Gasteiger partial charge in [0.15, 0.2) is 0 Å². The van der Waals surface area contributed by atoms with Crippen molar-refractivity contribution in [3.05, 3.63) is 47.8 Å². The van der Waals surface area contributed by atoms with Crippen LogP contribution in [-0.4, -0.2) is 9.55 Å². The highest BCUT2D eigenvalue weighted by Crippen LogP contribution is 2.30. The van der Waals surface area contributed by atoms with E-state index in [4.69, 9.17) is 5.73 Å². The molecule has 3 rings (SSSR count). The van der Waals surface area contributed by atoms with Crippen LogP contribution >= 0.6 is 0 Å². The van der Waals surface area contributed by atoms with E-state index in [1.807, 2.05) is 36.7 Å². The minimum Gasteiger partial charge on any atom is -0.396 e. The zero-order valence-corrected chi connectivity index (χ0v) is 10.8. The molecule has 0 spiro atoms. The fourth-order valence-electron chi connectivity index (χ4n) is 2.44. The number of halogens is 1. The predicted molar refractivity (Wildman–Crippen MR) is 75.3 cm³/mol. The number of benzene rings is 2. The van der Waals surface area contributed by atoms with Gasteiger partial charge in [0.1, 0.15) is 11.6 Å². The topological polar surface area (TPSA) is 43.8 Å². The molecule has 2 N–H and O–H groups in total. The number of para-hydroxylation sites is 2. The molecule has 1 aromatic heterocycles. The van der Waals surface area contributed by atoms with Gasteiger partial charge >= 0.3 is 0 Å². The third-order valence-electron chi connectivity index (χ3n) is 3.39. The Bertz CT molecular complexity index is 774. The summed E-state index contributed by atoms with van der Waals surface area (Å²) in [5.41, 5.74) is 9.64. The van der Waals surface area contributed by atoms with Crippen LogP contribution in [0.4, 0.5) is 10.1 Å². The number of fused-ring (bicyclic) bond motifs is 1. The van der Waals surface area contributed by atoms with Crippen molar-refractivity contribution >= 4 is 16.7 Å². The zero-order valence-electron chi connectivity index (χ0n) is 10.8. The van der Waals surface area contributed by atoms with Gasteiger partial charge < -0.3 is 10.3 Å². The molecule has 0 saturated carbocycles. The number of aromatic nitrogens is 2. The average Bonchev–Trinajstić information content (AvgIpc) is 2.72. The molecule has 96 valence electrons. The van der Waals surface area contributed by atoms with Crippen molar-refractivity contribution in [3.63, 3.8) is 0 Å². The molecule has 4 heteroatoms. The van der Waals surface area contributed by atoms with Gasteiger partial charge in [0.25, 0.3) is 0 Å². The highest BCUT2D eigenvalue weighted by molar-refractivity contribution is 5.85. The second-order valence-electron chi connectivity index (χ2n) is 4.64. The molecule has 0 radical (unpaired) electrons. The summed E-state index contributed by atoms with van der Waals surface area (Å²) in [6.45, 7) is 2.03. The highest BCUT2D eigenvalue weighted by atomic mass is 19.1. The van der Waals surface area contributed by atoms with Gasteiger partial charge in [-0.3, -0.25) is 0 Å². The normalized spacial score (nSPS) is 11.1. The lowest BCUT2D eigenvalue weighted by Crippen LogP contribution is -1.99. The maximum Gasteiger partial charge on any atom is 0.146 e. The van der Waals surface area contributed by atoms with E-state index in [0.29, 0.717) is 11.4 Å². The fourth-order valence-corrected chi connectivity index (χ4v) is 2.44. The summed E-state index contributed by atoms with van der Waals surface area (Å²) in [5.74, 6) is 0.266. The van der Waals surface area contributed by atoms with Crippen LogP contribution in [0, 0.1) is 12.7 Å². The van der Waals surface area contributed by atoms with E-state index in [1.54, 1.807) is 12.1 Å². The summed E-state index contributed by atoms with van der Waals surface area (Å²) in [6.07, 6.45) is 0. The van der Waals surface area contributed by atoms with Crippen LogP contribution in [0.25, 0.3) is 22.4 Å². The first-order valence-electron chi connectivity index (χ1n) is 6.06. The molecule has 3 nitrogen and oxygen atoms in total. The molecule has 19 heavy (non-hydrogen) atoms. The Balaban J connectivity index is 2.35. The first kappa shape index (κ1) is 11.7. The molecule has 0 aliphatic heterocycles. The van der Waals surface area contributed by atoms with E-state index in [2.05, 4.69) is 4.98 Å². The van der Waals surface area contributed by atoms with Gasteiger partial charge in [-0.05, 0) is 30.7 Å². The zero-order chi connectivity index (χ0) is 13.6. The molecule has 0 amide bonds. The summed E-state index contributed by atoms with van der Waals surface area (Å²) >= 11 is 0. The maximum atomic E-state index is 13.6. The van der Waals surface area contributed by atoms with Crippen LogP contribution in [-0.2, 0) is 7.05 Å². The van der Waals surface area contributed by atoms with Gasteiger partial charge in [-0.25, -0.2) is 9.37 Å². The Kier molecular flexibility index (Phi) is 2.52. The Morgan fingerprint density at radius 1 is 1.16 bits per heavy atom. The standard InChI is InChI=1S/C15H14FN3/c1-9-5-3-8-12-14(9)19(2)15(18-12)10-6-4-7-11(16)13(10)17/h3-8H,17H2,1-2H3. The number of rotatable bonds is 1. The Hall–Kier alpha value is -2.36. The van der Waals surface area contributed by atoms with Crippen molar-refractivity contribution in [2.24, 2.45) is 7.05 Å². The lowest BCUT2D eigenvalue weighted by molar-refractivity contribution is 0.632. The number of hydrogen-bond donors (Lipinski definition) is 1. The summed E-state index contributed by atoms with van der Waals surface area (Å²) in [7, 11) is 1.92. The maximum absolute atomic E-state index is 13.6. The molecule has 0 unspecified atom stereocenters. The van der Waals surface area contributed by atoms with Crippen molar-refractivity contribution in [1.29, 1.82) is 0 Å². The Labute approximate surface area is 110 Å². The van der Waals surface area contributed by atoms with Gasteiger partial charge in [-0.2, -0.15) is 0 Å². The molecule has 0 aliphatic carbocycles. The molecule has 3 aromatic rings. The number of nitrogens with two attached hydrogens (primary N) is 1. The number of aryl methyl sites for hydroxylation is 2. The van der Waals surface area contributed by atoms with Crippen molar-refractivity contribution in [1.82, 2.24) is 9.55 Å². The van der Waals surface area contributed by atoms with Gasteiger partial charge in [0.2, 0.25) is 0 Å². The molecule has 2 aromatic carbocycles.